The Morgan fingerprint density at radius 2 is 1.74 bits per heavy atom. The van der Waals surface area contributed by atoms with Gasteiger partial charge in [-0.05, 0) is 43.3 Å². The highest BCUT2D eigenvalue weighted by Gasteiger charge is 2.15. The molecule has 1 amide bonds. The van der Waals surface area contributed by atoms with E-state index in [1.807, 2.05) is 0 Å². The predicted molar refractivity (Wildman–Crippen MR) is 93.2 cm³/mol. The molecule has 1 heterocycles. The molecular weight excluding hydrogens is 384 g/mol. The molecule has 0 saturated heterocycles. The SMILES string of the molecule is Cc1sc(NC(=O)c2cc(F)cc(F)c2)nc1-c1ccc(OC(F)F)cc1. The van der Waals surface area contributed by atoms with E-state index in [4.69, 9.17) is 0 Å². The van der Waals surface area contributed by atoms with Crippen LogP contribution in [-0.2, 0) is 0 Å². The van der Waals surface area contributed by atoms with E-state index in [0.717, 1.165) is 17.0 Å². The molecule has 0 spiro atoms. The van der Waals surface area contributed by atoms with E-state index in [9.17, 15) is 22.4 Å². The molecule has 1 aromatic heterocycles. The van der Waals surface area contributed by atoms with Gasteiger partial charge in [-0.1, -0.05) is 0 Å². The molecule has 0 radical (unpaired) electrons. The van der Waals surface area contributed by atoms with Crippen LogP contribution in [-0.4, -0.2) is 17.5 Å². The molecule has 0 aliphatic heterocycles. The number of rotatable bonds is 5. The van der Waals surface area contributed by atoms with E-state index in [-0.39, 0.29) is 16.4 Å². The minimum Gasteiger partial charge on any atom is -0.435 e. The van der Waals surface area contributed by atoms with Crippen LogP contribution in [0.2, 0.25) is 0 Å². The van der Waals surface area contributed by atoms with Crippen molar-refractivity contribution in [2.45, 2.75) is 13.5 Å². The second-order valence-corrected chi connectivity index (χ2v) is 6.64. The molecule has 3 rings (SSSR count). The maximum atomic E-state index is 13.2. The van der Waals surface area contributed by atoms with Crippen LogP contribution in [0.25, 0.3) is 11.3 Å². The van der Waals surface area contributed by atoms with Gasteiger partial charge >= 0.3 is 6.61 Å². The maximum absolute atomic E-state index is 13.2. The molecule has 0 aliphatic carbocycles. The summed E-state index contributed by atoms with van der Waals surface area (Å²) in [7, 11) is 0. The molecule has 140 valence electrons. The van der Waals surface area contributed by atoms with Crippen LogP contribution in [0.4, 0.5) is 22.7 Å². The first-order valence-corrected chi connectivity index (χ1v) is 8.43. The van der Waals surface area contributed by atoms with Crippen molar-refractivity contribution in [2.75, 3.05) is 5.32 Å². The number of thiazole rings is 1. The zero-order chi connectivity index (χ0) is 19.6. The lowest BCUT2D eigenvalue weighted by atomic mass is 10.1. The number of benzene rings is 2. The molecule has 27 heavy (non-hydrogen) atoms. The topological polar surface area (TPSA) is 51.2 Å². The molecule has 0 unspecified atom stereocenters. The van der Waals surface area contributed by atoms with Crippen LogP contribution >= 0.6 is 11.3 Å². The Labute approximate surface area is 155 Å². The van der Waals surface area contributed by atoms with Gasteiger partial charge in [0.15, 0.2) is 5.13 Å². The number of hydrogen-bond acceptors (Lipinski definition) is 4. The average Bonchev–Trinajstić information content (AvgIpc) is 2.94. The highest BCUT2D eigenvalue weighted by Crippen LogP contribution is 2.31. The molecule has 0 bridgehead atoms. The molecule has 0 atom stereocenters. The molecule has 0 saturated carbocycles. The van der Waals surface area contributed by atoms with Crippen molar-refractivity contribution in [2.24, 2.45) is 0 Å². The lowest BCUT2D eigenvalue weighted by Crippen LogP contribution is -2.12. The van der Waals surface area contributed by atoms with E-state index >= 15 is 0 Å². The Morgan fingerprint density at radius 3 is 2.33 bits per heavy atom. The molecule has 4 nitrogen and oxygen atoms in total. The fourth-order valence-electron chi connectivity index (χ4n) is 2.37. The summed E-state index contributed by atoms with van der Waals surface area (Å²) in [4.78, 5) is 17.2. The highest BCUT2D eigenvalue weighted by atomic mass is 32.1. The van der Waals surface area contributed by atoms with Crippen LogP contribution in [0.3, 0.4) is 0 Å². The van der Waals surface area contributed by atoms with Gasteiger partial charge in [-0.15, -0.1) is 11.3 Å². The highest BCUT2D eigenvalue weighted by molar-refractivity contribution is 7.16. The number of nitrogens with zero attached hydrogens (tertiary/aromatic N) is 1. The van der Waals surface area contributed by atoms with Crippen molar-refractivity contribution in [3.63, 3.8) is 0 Å². The minimum absolute atomic E-state index is 0.0169. The monoisotopic (exact) mass is 396 g/mol. The lowest BCUT2D eigenvalue weighted by molar-refractivity contribution is -0.0498. The Morgan fingerprint density at radius 1 is 1.11 bits per heavy atom. The quantitative estimate of drug-likeness (QED) is 0.600. The zero-order valence-corrected chi connectivity index (χ0v) is 14.6. The zero-order valence-electron chi connectivity index (χ0n) is 13.8. The van der Waals surface area contributed by atoms with Crippen molar-refractivity contribution in [3.05, 3.63) is 64.5 Å². The van der Waals surface area contributed by atoms with Gasteiger partial charge in [0.05, 0.1) is 5.69 Å². The second-order valence-electron chi connectivity index (χ2n) is 5.44. The summed E-state index contributed by atoms with van der Waals surface area (Å²) in [5, 5.41) is 2.73. The van der Waals surface area contributed by atoms with Gasteiger partial charge in [-0.3, -0.25) is 10.1 Å². The summed E-state index contributed by atoms with van der Waals surface area (Å²) in [5.41, 5.74) is 1.02. The summed E-state index contributed by atoms with van der Waals surface area (Å²) in [6.07, 6.45) is 0. The van der Waals surface area contributed by atoms with Gasteiger partial charge in [0.1, 0.15) is 17.4 Å². The number of amides is 1. The van der Waals surface area contributed by atoms with E-state index in [2.05, 4.69) is 15.0 Å². The van der Waals surface area contributed by atoms with Crippen molar-refractivity contribution in [3.8, 4) is 17.0 Å². The Hall–Kier alpha value is -2.94. The van der Waals surface area contributed by atoms with Gasteiger partial charge in [0.25, 0.3) is 5.91 Å². The van der Waals surface area contributed by atoms with Gasteiger partial charge in [0.2, 0.25) is 0 Å². The summed E-state index contributed by atoms with van der Waals surface area (Å²) in [5.74, 6) is -2.40. The summed E-state index contributed by atoms with van der Waals surface area (Å²) >= 11 is 1.17. The number of aromatic nitrogens is 1. The van der Waals surface area contributed by atoms with Crippen LogP contribution in [0.15, 0.2) is 42.5 Å². The standard InChI is InChI=1S/C18H12F4N2O2S/c1-9-15(10-2-4-14(5-3-10)26-17(21)22)23-18(27-9)24-16(25)11-6-12(19)8-13(20)7-11/h2-8,17H,1H3,(H,23,24,25). The summed E-state index contributed by atoms with van der Waals surface area (Å²) in [6.45, 7) is -1.14. The molecule has 2 aromatic carbocycles. The van der Waals surface area contributed by atoms with Crippen LogP contribution in [0, 0.1) is 18.6 Å². The third-order valence-corrected chi connectivity index (χ3v) is 4.38. The lowest BCUT2D eigenvalue weighted by Gasteiger charge is -2.05. The van der Waals surface area contributed by atoms with Crippen LogP contribution in [0.1, 0.15) is 15.2 Å². The average molecular weight is 396 g/mol. The Kier molecular flexibility index (Phi) is 5.41. The Balaban J connectivity index is 1.79. The van der Waals surface area contributed by atoms with Gasteiger partial charge < -0.3 is 4.74 Å². The fraction of sp³-hybridized carbons (Fsp3) is 0.111. The molecule has 0 aliphatic rings. The van der Waals surface area contributed by atoms with Crippen molar-refractivity contribution < 1.29 is 27.1 Å². The van der Waals surface area contributed by atoms with Gasteiger partial charge in [0, 0.05) is 22.1 Å². The molecule has 0 fully saturated rings. The number of nitrogens with one attached hydrogen (secondary N) is 1. The van der Waals surface area contributed by atoms with Crippen LogP contribution in [0.5, 0.6) is 5.75 Å². The number of hydrogen-bond donors (Lipinski definition) is 1. The fourth-order valence-corrected chi connectivity index (χ4v) is 3.20. The number of carbonyl (C=O) groups is 1. The molecule has 3 aromatic rings. The minimum atomic E-state index is -2.91. The molecule has 1 N–H and O–H groups in total. The molecular formula is C18H12F4N2O2S. The first kappa shape index (κ1) is 18.8. The third-order valence-electron chi connectivity index (χ3n) is 3.49. The number of aryl methyl sites for hydroxylation is 1. The number of alkyl halides is 2. The second kappa shape index (κ2) is 7.75. The van der Waals surface area contributed by atoms with E-state index < -0.39 is 24.2 Å². The third kappa shape index (κ3) is 4.62. The predicted octanol–water partition coefficient (Wildman–Crippen LogP) is 5.25. The first-order valence-electron chi connectivity index (χ1n) is 7.62. The summed E-state index contributed by atoms with van der Waals surface area (Å²) in [6, 6.07) is 8.40. The largest absolute Gasteiger partial charge is 0.435 e. The van der Waals surface area contributed by atoms with Gasteiger partial charge in [-0.25, -0.2) is 13.8 Å². The van der Waals surface area contributed by atoms with Crippen molar-refractivity contribution >= 4 is 22.4 Å². The maximum Gasteiger partial charge on any atom is 0.387 e. The smallest absolute Gasteiger partial charge is 0.387 e. The van der Waals surface area contributed by atoms with Gasteiger partial charge in [-0.2, -0.15) is 8.78 Å². The Bertz CT molecular complexity index is 954. The number of ether oxygens (including phenoxy) is 1. The molecule has 9 heteroatoms. The normalized spacial score (nSPS) is 10.9. The number of carbonyl (C=O) groups excluding carboxylic acids is 1. The van der Waals surface area contributed by atoms with Crippen LogP contribution < -0.4 is 10.1 Å². The van der Waals surface area contributed by atoms with E-state index in [1.165, 1.54) is 23.5 Å². The number of halogens is 4. The van der Waals surface area contributed by atoms with Crippen molar-refractivity contribution in [1.82, 2.24) is 4.98 Å². The first-order chi connectivity index (χ1) is 12.8. The summed E-state index contributed by atoms with van der Waals surface area (Å²) < 4.78 is 55.2. The number of anilines is 1. The van der Waals surface area contributed by atoms with E-state index in [1.54, 1.807) is 19.1 Å². The van der Waals surface area contributed by atoms with Crippen molar-refractivity contribution in [1.29, 1.82) is 0 Å². The van der Waals surface area contributed by atoms with E-state index in [0.29, 0.717) is 17.3 Å².